The molecule has 0 amide bonds. The van der Waals surface area contributed by atoms with Gasteiger partial charge in [0.2, 0.25) is 0 Å². The summed E-state index contributed by atoms with van der Waals surface area (Å²) >= 11 is 0. The van der Waals surface area contributed by atoms with Gasteiger partial charge in [-0.1, -0.05) is 13.3 Å². The van der Waals surface area contributed by atoms with Crippen LogP contribution in [0.3, 0.4) is 0 Å². The Morgan fingerprint density at radius 1 is 1.15 bits per heavy atom. The summed E-state index contributed by atoms with van der Waals surface area (Å²) in [5, 5.41) is 19.4. The predicted molar refractivity (Wildman–Crippen MR) is 128 cm³/mol. The Hall–Kier alpha value is -3.22. The summed E-state index contributed by atoms with van der Waals surface area (Å²) in [5.74, 6) is 1.17. The number of aliphatic carboxylic acids is 1. The van der Waals surface area contributed by atoms with Gasteiger partial charge in [0.15, 0.2) is 5.78 Å². The first-order chi connectivity index (χ1) is 16.2. The zero-order valence-corrected chi connectivity index (χ0v) is 20.2. The summed E-state index contributed by atoms with van der Waals surface area (Å²) in [4.78, 5) is 22.6. The van der Waals surface area contributed by atoms with Crippen LogP contribution < -0.4 is 14.2 Å². The number of Topliss-reactive ketones (excluding diaryl/α,β-unsaturated/α-hetero) is 1. The predicted octanol–water partition coefficient (Wildman–Crippen LogP) is 5.34. The van der Waals surface area contributed by atoms with E-state index in [2.05, 4.69) is 0 Å². The van der Waals surface area contributed by atoms with Crippen molar-refractivity contribution in [3.05, 3.63) is 47.0 Å². The normalized spacial score (nSPS) is 16.9. The summed E-state index contributed by atoms with van der Waals surface area (Å²) < 4.78 is 17.9. The van der Waals surface area contributed by atoms with Crippen molar-refractivity contribution in [3.8, 4) is 23.0 Å². The van der Waals surface area contributed by atoms with Crippen molar-refractivity contribution < 1.29 is 34.0 Å². The van der Waals surface area contributed by atoms with E-state index in [1.165, 1.54) is 6.92 Å². The molecule has 2 aromatic carbocycles. The second kappa shape index (κ2) is 11.3. The number of phenols is 1. The van der Waals surface area contributed by atoms with Gasteiger partial charge in [0.05, 0.1) is 18.8 Å². The highest BCUT2D eigenvalue weighted by Crippen LogP contribution is 2.37. The Kier molecular flexibility index (Phi) is 8.42. The lowest BCUT2D eigenvalue weighted by atomic mass is 9.89. The molecule has 1 aliphatic heterocycles. The molecular weight excluding hydrogens is 436 g/mol. The van der Waals surface area contributed by atoms with Gasteiger partial charge in [0, 0.05) is 18.4 Å². The Morgan fingerprint density at radius 2 is 1.91 bits per heavy atom. The maximum absolute atomic E-state index is 11.7. The van der Waals surface area contributed by atoms with Crippen LogP contribution in [0, 0.1) is 0 Å². The van der Waals surface area contributed by atoms with Gasteiger partial charge in [-0.25, -0.2) is 0 Å². The lowest BCUT2D eigenvalue weighted by Crippen LogP contribution is -2.36. The molecule has 0 aliphatic carbocycles. The topological polar surface area (TPSA) is 102 Å². The first-order valence-corrected chi connectivity index (χ1v) is 11.9. The highest BCUT2D eigenvalue weighted by atomic mass is 16.5. The third-order valence-corrected chi connectivity index (χ3v) is 6.11. The molecule has 1 heterocycles. The number of carboxylic acids is 1. The van der Waals surface area contributed by atoms with Crippen molar-refractivity contribution in [3.63, 3.8) is 0 Å². The number of carboxylic acid groups (broad SMARTS) is 1. The number of fused-ring (bicyclic) bond motifs is 1. The smallest absolute Gasteiger partial charge is 0.303 e. The number of aryl methyl sites for hydroxylation is 1. The summed E-state index contributed by atoms with van der Waals surface area (Å²) in [7, 11) is 0. The average Bonchev–Trinajstić information content (AvgIpc) is 2.79. The third kappa shape index (κ3) is 6.43. The first-order valence-electron chi connectivity index (χ1n) is 11.9. The van der Waals surface area contributed by atoms with Crippen LogP contribution in [0.2, 0.25) is 0 Å². The van der Waals surface area contributed by atoms with Crippen LogP contribution in [0.5, 0.6) is 23.0 Å². The molecule has 1 atom stereocenters. The molecule has 7 nitrogen and oxygen atoms in total. The number of hydrogen-bond donors (Lipinski definition) is 2. The van der Waals surface area contributed by atoms with Crippen LogP contribution in [-0.4, -0.2) is 40.8 Å². The molecule has 34 heavy (non-hydrogen) atoms. The van der Waals surface area contributed by atoms with Gasteiger partial charge in [0.1, 0.15) is 28.6 Å². The van der Waals surface area contributed by atoms with Crippen LogP contribution in [0.4, 0.5) is 0 Å². The zero-order valence-electron chi connectivity index (χ0n) is 20.2. The van der Waals surface area contributed by atoms with E-state index in [-0.39, 0.29) is 18.0 Å². The van der Waals surface area contributed by atoms with E-state index in [1.54, 1.807) is 12.1 Å². The molecule has 1 aliphatic rings. The second-order valence-electron chi connectivity index (χ2n) is 9.01. The van der Waals surface area contributed by atoms with Gasteiger partial charge in [-0.15, -0.1) is 0 Å². The lowest BCUT2D eigenvalue weighted by molar-refractivity contribution is -0.138. The molecule has 0 aromatic heterocycles. The molecule has 0 spiro atoms. The Labute approximate surface area is 200 Å². The minimum atomic E-state index is -0.810. The van der Waals surface area contributed by atoms with Crippen LogP contribution in [0.25, 0.3) is 0 Å². The van der Waals surface area contributed by atoms with Gasteiger partial charge >= 0.3 is 5.97 Å². The molecule has 0 fully saturated rings. The third-order valence-electron chi connectivity index (χ3n) is 6.11. The van der Waals surface area contributed by atoms with Crippen molar-refractivity contribution in [2.45, 2.75) is 71.3 Å². The Morgan fingerprint density at radius 3 is 2.62 bits per heavy atom. The number of phenolic OH excluding ortho intramolecular Hbond substituents is 1. The van der Waals surface area contributed by atoms with Crippen molar-refractivity contribution in [1.82, 2.24) is 0 Å². The standard InChI is InChI=1S/C27H34O7/c1-4-6-22-24(10-8-21(18(2)28)26(22)31)33-16-5-15-32-20-7-9-23-19(17-20)11-13-27(3,34-23)14-12-25(29)30/h7-10,17,31H,4-6,11-16H2,1-3H3,(H,29,30). The summed E-state index contributed by atoms with van der Waals surface area (Å²) in [6.07, 6.45) is 4.26. The molecule has 184 valence electrons. The second-order valence-corrected chi connectivity index (χ2v) is 9.01. The number of ketones is 1. The Bertz CT molecular complexity index is 1030. The largest absolute Gasteiger partial charge is 0.507 e. The van der Waals surface area contributed by atoms with E-state index in [0.717, 1.165) is 36.3 Å². The number of ether oxygens (including phenoxy) is 3. The summed E-state index contributed by atoms with van der Waals surface area (Å²) in [6.45, 7) is 6.30. The van der Waals surface area contributed by atoms with Crippen molar-refractivity contribution in [2.24, 2.45) is 0 Å². The molecule has 2 aromatic rings. The molecule has 0 saturated carbocycles. The van der Waals surface area contributed by atoms with Gasteiger partial charge in [0.25, 0.3) is 0 Å². The fourth-order valence-electron chi connectivity index (χ4n) is 4.16. The van der Waals surface area contributed by atoms with Gasteiger partial charge in [-0.05, 0) is 75.4 Å². The molecule has 2 N–H and O–H groups in total. The van der Waals surface area contributed by atoms with Crippen molar-refractivity contribution in [2.75, 3.05) is 13.2 Å². The fourth-order valence-corrected chi connectivity index (χ4v) is 4.16. The molecule has 0 bridgehead atoms. The minimum absolute atomic E-state index is 0.0124. The molecule has 7 heteroatoms. The SMILES string of the molecule is CCCc1c(OCCCOc2ccc3c(c2)CCC(C)(CCC(=O)O)O3)ccc(C(C)=O)c1O. The van der Waals surface area contributed by atoms with Crippen molar-refractivity contribution in [1.29, 1.82) is 0 Å². The van der Waals surface area contributed by atoms with E-state index in [9.17, 15) is 14.7 Å². The van der Waals surface area contributed by atoms with Gasteiger partial charge < -0.3 is 24.4 Å². The molecule has 1 unspecified atom stereocenters. The minimum Gasteiger partial charge on any atom is -0.507 e. The fraction of sp³-hybridized carbons (Fsp3) is 0.481. The monoisotopic (exact) mass is 470 g/mol. The highest BCUT2D eigenvalue weighted by molar-refractivity contribution is 5.97. The van der Waals surface area contributed by atoms with Gasteiger partial charge in [-0.2, -0.15) is 0 Å². The molecular formula is C27H34O7. The van der Waals surface area contributed by atoms with Crippen LogP contribution in [-0.2, 0) is 17.6 Å². The van der Waals surface area contributed by atoms with E-state index in [1.807, 2.05) is 32.0 Å². The van der Waals surface area contributed by atoms with Crippen LogP contribution in [0.15, 0.2) is 30.3 Å². The number of carbonyl (C=O) groups excluding carboxylic acids is 1. The number of hydrogen-bond acceptors (Lipinski definition) is 6. The highest BCUT2D eigenvalue weighted by Gasteiger charge is 2.32. The van der Waals surface area contributed by atoms with E-state index in [0.29, 0.717) is 49.4 Å². The Balaban J connectivity index is 1.50. The lowest BCUT2D eigenvalue weighted by Gasteiger charge is -2.35. The van der Waals surface area contributed by atoms with Crippen molar-refractivity contribution >= 4 is 11.8 Å². The molecule has 0 radical (unpaired) electrons. The first kappa shape index (κ1) is 25.4. The summed E-state index contributed by atoms with van der Waals surface area (Å²) in [5.41, 5.74) is 1.59. The van der Waals surface area contributed by atoms with Crippen LogP contribution >= 0.6 is 0 Å². The maximum atomic E-state index is 11.7. The van der Waals surface area contributed by atoms with E-state index in [4.69, 9.17) is 19.3 Å². The number of rotatable bonds is 12. The quantitative estimate of drug-likeness (QED) is 0.319. The molecule has 3 rings (SSSR count). The van der Waals surface area contributed by atoms with Crippen LogP contribution in [0.1, 0.15) is 74.4 Å². The van der Waals surface area contributed by atoms with E-state index >= 15 is 0 Å². The van der Waals surface area contributed by atoms with Gasteiger partial charge in [-0.3, -0.25) is 9.59 Å². The van der Waals surface area contributed by atoms with E-state index < -0.39 is 11.6 Å². The number of aromatic hydroxyl groups is 1. The maximum Gasteiger partial charge on any atom is 0.303 e. The zero-order chi connectivity index (χ0) is 24.7. The summed E-state index contributed by atoms with van der Waals surface area (Å²) in [6, 6.07) is 9.07. The average molecular weight is 471 g/mol. The number of carbonyl (C=O) groups is 2. The molecule has 0 saturated heterocycles. The number of benzene rings is 2.